The highest BCUT2D eigenvalue weighted by molar-refractivity contribution is 6.22. The van der Waals surface area contributed by atoms with Gasteiger partial charge in [-0.3, -0.25) is 4.79 Å². The highest BCUT2D eigenvalue weighted by Gasteiger charge is 2.47. The van der Waals surface area contributed by atoms with Crippen molar-refractivity contribution in [2.75, 3.05) is 7.11 Å². The third-order valence-corrected chi connectivity index (χ3v) is 6.04. The Kier molecular flexibility index (Phi) is 5.43. The van der Waals surface area contributed by atoms with Crippen LogP contribution in [0, 0.1) is 0 Å². The van der Waals surface area contributed by atoms with Crippen LogP contribution in [0.15, 0.2) is 30.6 Å². The summed E-state index contributed by atoms with van der Waals surface area (Å²) in [5, 5.41) is 41.3. The summed E-state index contributed by atoms with van der Waals surface area (Å²) in [4.78, 5) is 37.2. The molecule has 4 aromatic rings. The van der Waals surface area contributed by atoms with Crippen LogP contribution in [0.25, 0.3) is 32.7 Å². The lowest BCUT2D eigenvalue weighted by Crippen LogP contribution is -2.59. The number of benzene rings is 2. The maximum atomic E-state index is 12.9. The summed E-state index contributed by atoms with van der Waals surface area (Å²) in [5.41, 5.74) is -2.53. The molecule has 0 aliphatic carbocycles. The third-order valence-electron chi connectivity index (χ3n) is 6.04. The van der Waals surface area contributed by atoms with Crippen LogP contribution < -0.4 is 20.7 Å². The van der Waals surface area contributed by atoms with Crippen molar-refractivity contribution in [3.05, 3.63) is 33.0 Å². The lowest BCUT2D eigenvalue weighted by Gasteiger charge is -2.40. The number of carbonyl (C=O) groups excluding carboxylic acids is 1. The lowest BCUT2D eigenvalue weighted by molar-refractivity contribution is -0.273. The van der Waals surface area contributed by atoms with Crippen LogP contribution >= 0.6 is 0 Å². The Morgan fingerprint density at radius 3 is 1.97 bits per heavy atom. The minimum Gasteiger partial charge on any atom is -0.504 e. The average molecular weight is 504 g/mol. The molecule has 2 aromatic carbocycles. The first-order chi connectivity index (χ1) is 17.0. The molecule has 5 atom stereocenters. The standard InChI is InChI=1S/C23H20O13/c1-6-14(27)15(28)20(33-7(2)24)23(32-6)36-17-11(26)5-9-13-12-8(22(30)35-19(13)17)4-10(25)16(31-3)18(12)34-21(9)29/h4-6,14-15,20,23,25-28H,1-3H3/t6-,14+,15+,20+,23-/m0/s1. The SMILES string of the molecule is COc1c(O)cc2c(=O)oc3c(O[C@@H]4O[C@@H](C)[C@@H](O)[C@@H](O)[C@H]4OC(C)=O)c(O)cc4c(=O)oc1c2c34. The number of aromatic hydroxyl groups is 2. The number of esters is 1. The maximum absolute atomic E-state index is 12.9. The average Bonchev–Trinajstić information content (AvgIpc) is 2.81. The molecule has 1 saturated heterocycles. The zero-order valence-electron chi connectivity index (χ0n) is 19.0. The molecular weight excluding hydrogens is 484 g/mol. The van der Waals surface area contributed by atoms with E-state index in [1.807, 2.05) is 0 Å². The summed E-state index contributed by atoms with van der Waals surface area (Å²) in [6.07, 6.45) is -7.11. The van der Waals surface area contributed by atoms with Crippen LogP contribution in [0.3, 0.4) is 0 Å². The molecule has 1 aliphatic heterocycles. The van der Waals surface area contributed by atoms with Crippen molar-refractivity contribution in [2.45, 2.75) is 44.6 Å². The first-order valence-corrected chi connectivity index (χ1v) is 10.7. The third kappa shape index (κ3) is 3.39. The van der Waals surface area contributed by atoms with Crippen LogP contribution in [0.4, 0.5) is 0 Å². The molecule has 0 unspecified atom stereocenters. The van der Waals surface area contributed by atoms with Crippen molar-refractivity contribution in [3.63, 3.8) is 0 Å². The number of ether oxygens (including phenoxy) is 4. The van der Waals surface area contributed by atoms with Gasteiger partial charge in [-0.05, 0) is 19.1 Å². The van der Waals surface area contributed by atoms with E-state index < -0.39 is 65.2 Å². The monoisotopic (exact) mass is 504 g/mol. The number of methoxy groups -OCH3 is 1. The summed E-state index contributed by atoms with van der Waals surface area (Å²) in [7, 11) is 1.23. The first kappa shape index (κ1) is 23.7. The predicted molar refractivity (Wildman–Crippen MR) is 120 cm³/mol. The number of aliphatic hydroxyl groups excluding tert-OH is 2. The van der Waals surface area contributed by atoms with E-state index in [1.165, 1.54) is 14.0 Å². The summed E-state index contributed by atoms with van der Waals surface area (Å²) in [5.74, 6) is -2.63. The van der Waals surface area contributed by atoms with E-state index >= 15 is 0 Å². The van der Waals surface area contributed by atoms with Crippen molar-refractivity contribution in [1.29, 1.82) is 0 Å². The van der Waals surface area contributed by atoms with Gasteiger partial charge in [-0.2, -0.15) is 0 Å². The van der Waals surface area contributed by atoms with Crippen molar-refractivity contribution >= 4 is 38.7 Å². The second-order valence-electron chi connectivity index (χ2n) is 8.32. The molecule has 190 valence electrons. The predicted octanol–water partition coefficient (Wildman–Crippen LogP) is 0.687. The molecule has 5 rings (SSSR count). The Labute approximate surface area is 199 Å². The summed E-state index contributed by atoms with van der Waals surface area (Å²) in [6.45, 7) is 2.51. The summed E-state index contributed by atoms with van der Waals surface area (Å²) >= 11 is 0. The smallest absolute Gasteiger partial charge is 0.344 e. The van der Waals surface area contributed by atoms with Crippen molar-refractivity contribution < 1.29 is 53.0 Å². The molecule has 1 aliphatic rings. The Balaban J connectivity index is 1.78. The second-order valence-corrected chi connectivity index (χ2v) is 8.32. The molecule has 0 saturated carbocycles. The quantitative estimate of drug-likeness (QED) is 0.172. The van der Waals surface area contributed by atoms with Crippen molar-refractivity contribution in [3.8, 4) is 23.0 Å². The second kappa shape index (κ2) is 8.26. The van der Waals surface area contributed by atoms with Crippen molar-refractivity contribution in [1.82, 2.24) is 0 Å². The van der Waals surface area contributed by atoms with E-state index in [1.54, 1.807) is 0 Å². The van der Waals surface area contributed by atoms with Crippen molar-refractivity contribution in [2.24, 2.45) is 0 Å². The van der Waals surface area contributed by atoms with Gasteiger partial charge >= 0.3 is 17.2 Å². The van der Waals surface area contributed by atoms with Crippen LogP contribution in [0.2, 0.25) is 0 Å². The molecular formula is C23H20O13. The van der Waals surface area contributed by atoms with Gasteiger partial charge in [-0.15, -0.1) is 0 Å². The minimum atomic E-state index is -1.61. The Hall–Kier alpha value is -4.07. The Morgan fingerprint density at radius 2 is 1.44 bits per heavy atom. The molecule has 4 N–H and O–H groups in total. The fourth-order valence-corrected chi connectivity index (χ4v) is 4.40. The van der Waals surface area contributed by atoms with E-state index in [2.05, 4.69) is 0 Å². The first-order valence-electron chi connectivity index (χ1n) is 10.7. The molecule has 0 radical (unpaired) electrons. The summed E-state index contributed by atoms with van der Waals surface area (Å²) in [6, 6.07) is 2.10. The maximum Gasteiger partial charge on any atom is 0.344 e. The topological polar surface area (TPSA) is 195 Å². The highest BCUT2D eigenvalue weighted by Crippen LogP contribution is 2.46. The van der Waals surface area contributed by atoms with Gasteiger partial charge in [0.2, 0.25) is 17.8 Å². The number of carbonyl (C=O) groups is 1. The number of hydrogen-bond donors (Lipinski definition) is 4. The van der Waals surface area contributed by atoms with E-state index in [0.29, 0.717) is 0 Å². The number of phenols is 2. The Bertz CT molecular complexity index is 1620. The number of aliphatic hydroxyl groups is 2. The van der Waals surface area contributed by atoms with Gasteiger partial charge in [0.25, 0.3) is 0 Å². The van der Waals surface area contributed by atoms with Gasteiger partial charge in [-0.25, -0.2) is 9.59 Å². The normalized spacial score (nSPS) is 24.4. The van der Waals surface area contributed by atoms with E-state index in [-0.39, 0.29) is 38.5 Å². The largest absolute Gasteiger partial charge is 0.504 e. The lowest BCUT2D eigenvalue weighted by atomic mass is 9.99. The zero-order valence-corrected chi connectivity index (χ0v) is 19.0. The fourth-order valence-electron chi connectivity index (χ4n) is 4.40. The molecule has 0 spiro atoms. The van der Waals surface area contributed by atoms with Gasteiger partial charge in [0.15, 0.2) is 28.8 Å². The molecule has 2 aromatic heterocycles. The van der Waals surface area contributed by atoms with E-state index in [4.69, 9.17) is 27.8 Å². The van der Waals surface area contributed by atoms with Gasteiger partial charge < -0.3 is 48.2 Å². The molecule has 3 heterocycles. The van der Waals surface area contributed by atoms with E-state index in [9.17, 15) is 34.8 Å². The molecule has 1 fully saturated rings. The Morgan fingerprint density at radius 1 is 0.917 bits per heavy atom. The van der Waals surface area contributed by atoms with Crippen LogP contribution in [-0.2, 0) is 14.3 Å². The highest BCUT2D eigenvalue weighted by atomic mass is 16.7. The van der Waals surface area contributed by atoms with Crippen LogP contribution in [0.1, 0.15) is 13.8 Å². The fraction of sp³-hybridized carbons (Fsp3) is 0.348. The van der Waals surface area contributed by atoms with Gasteiger partial charge in [0.05, 0.1) is 24.0 Å². The van der Waals surface area contributed by atoms with Gasteiger partial charge in [-0.1, -0.05) is 0 Å². The number of hydrogen-bond acceptors (Lipinski definition) is 13. The molecule has 36 heavy (non-hydrogen) atoms. The number of phenolic OH excluding ortho intramolecular Hbond substituents is 2. The van der Waals surface area contributed by atoms with Gasteiger partial charge in [0, 0.05) is 17.7 Å². The molecule has 13 nitrogen and oxygen atoms in total. The van der Waals surface area contributed by atoms with Gasteiger partial charge in [0.1, 0.15) is 12.2 Å². The minimum absolute atomic E-state index is 0.00965. The summed E-state index contributed by atoms with van der Waals surface area (Å²) < 4.78 is 32.2. The zero-order chi connectivity index (χ0) is 26.0. The van der Waals surface area contributed by atoms with E-state index in [0.717, 1.165) is 19.1 Å². The molecule has 13 heteroatoms. The molecule has 0 bridgehead atoms. The van der Waals surface area contributed by atoms with Crippen LogP contribution in [-0.4, -0.2) is 64.2 Å². The van der Waals surface area contributed by atoms with Crippen LogP contribution in [0.5, 0.6) is 23.0 Å². The number of rotatable bonds is 4. The molecule has 0 amide bonds.